The van der Waals surface area contributed by atoms with E-state index in [9.17, 15) is 0 Å². The molecule has 3 aliphatic carbocycles. The van der Waals surface area contributed by atoms with E-state index in [2.05, 4.69) is 81.8 Å². The number of rotatable bonds is 5. The van der Waals surface area contributed by atoms with Crippen molar-refractivity contribution in [3.05, 3.63) is 35.0 Å². The second-order valence-corrected chi connectivity index (χ2v) is 17.1. The molecule has 0 aliphatic heterocycles. The molecule has 33 heavy (non-hydrogen) atoms. The fourth-order valence-electron chi connectivity index (χ4n) is 7.33. The zero-order valence-corrected chi connectivity index (χ0v) is 23.6. The van der Waals surface area contributed by atoms with Crippen LogP contribution in [0.2, 0.25) is 0 Å². The molecule has 0 N–H and O–H groups in total. The highest BCUT2D eigenvalue weighted by Crippen LogP contribution is 2.73. The van der Waals surface area contributed by atoms with Gasteiger partial charge in [-0.2, -0.15) is 0 Å². The van der Waals surface area contributed by atoms with Crippen LogP contribution in [-0.4, -0.2) is 26.1 Å². The number of imidazole rings is 1. The quantitative estimate of drug-likeness (QED) is 0.299. The molecule has 3 aliphatic rings. The van der Waals surface area contributed by atoms with Crippen molar-refractivity contribution < 1.29 is 0 Å². The molecule has 3 fully saturated rings. The van der Waals surface area contributed by atoms with E-state index in [-0.39, 0.29) is 5.41 Å². The zero-order chi connectivity index (χ0) is 23.8. The summed E-state index contributed by atoms with van der Waals surface area (Å²) < 4.78 is 5.49. The Morgan fingerprint density at radius 2 is 1.30 bits per heavy atom. The predicted molar refractivity (Wildman–Crippen MR) is 147 cm³/mol. The normalized spacial score (nSPS) is 23.3. The minimum absolute atomic E-state index is 0.206. The molecule has 0 radical (unpaired) electrons. The van der Waals surface area contributed by atoms with E-state index in [1.54, 1.807) is 10.8 Å². The van der Waals surface area contributed by atoms with Crippen molar-refractivity contribution in [2.75, 3.05) is 0 Å². The third kappa shape index (κ3) is 4.82. The van der Waals surface area contributed by atoms with Gasteiger partial charge >= 0.3 is 0 Å². The molecular weight excluding hydrogens is 419 g/mol. The van der Waals surface area contributed by atoms with Gasteiger partial charge in [0.1, 0.15) is 5.20 Å². The minimum Gasteiger partial charge on any atom is -0.331 e. The first-order valence-corrected chi connectivity index (χ1v) is 16.1. The molecule has 0 spiro atoms. The number of allylic oxidation sites excluding steroid dienone is 1. The van der Waals surface area contributed by atoms with Crippen LogP contribution in [0.25, 0.3) is 0 Å². The van der Waals surface area contributed by atoms with E-state index in [1.807, 2.05) is 0 Å². The van der Waals surface area contributed by atoms with Gasteiger partial charge in [0.15, 0.2) is 0 Å². The summed E-state index contributed by atoms with van der Waals surface area (Å²) >= 11 is 0. The van der Waals surface area contributed by atoms with Gasteiger partial charge in [-0.25, -0.2) is 0 Å². The summed E-state index contributed by atoms with van der Waals surface area (Å²) in [7, 11) is 0. The molecule has 0 bridgehead atoms. The van der Waals surface area contributed by atoms with E-state index in [0.717, 1.165) is 17.0 Å². The first-order valence-electron chi connectivity index (χ1n) is 14.1. The first-order chi connectivity index (χ1) is 15.7. The van der Waals surface area contributed by atoms with Crippen LogP contribution in [0.3, 0.4) is 0 Å². The van der Waals surface area contributed by atoms with Gasteiger partial charge in [0, 0.05) is 30.1 Å². The second-order valence-electron chi connectivity index (χ2n) is 12.9. The Morgan fingerprint density at radius 3 is 1.73 bits per heavy atom. The highest BCUT2D eigenvalue weighted by molar-refractivity contribution is 7.70. The van der Waals surface area contributed by atoms with Gasteiger partial charge < -0.3 is 9.13 Å². The summed E-state index contributed by atoms with van der Waals surface area (Å²) in [5.74, 6) is 0. The molecule has 0 aromatic carbocycles. The molecule has 3 saturated carbocycles. The van der Waals surface area contributed by atoms with E-state index in [1.165, 1.54) is 70.6 Å². The zero-order valence-electron chi connectivity index (χ0n) is 22.7. The Morgan fingerprint density at radius 1 is 0.818 bits per heavy atom. The van der Waals surface area contributed by atoms with Gasteiger partial charge in [-0.3, -0.25) is 0 Å². The summed E-state index contributed by atoms with van der Waals surface area (Å²) in [6, 6.07) is 1.06. The number of aromatic nitrogens is 2. The van der Waals surface area contributed by atoms with Crippen LogP contribution in [0.4, 0.5) is 0 Å². The lowest BCUT2D eigenvalue weighted by Crippen LogP contribution is -2.27. The van der Waals surface area contributed by atoms with Crippen molar-refractivity contribution in [3.8, 4) is 0 Å². The molecule has 0 saturated heterocycles. The Kier molecular flexibility index (Phi) is 7.68. The van der Waals surface area contributed by atoms with E-state index < -0.39 is 6.89 Å². The van der Waals surface area contributed by atoms with Crippen LogP contribution in [0.15, 0.2) is 29.8 Å². The fourth-order valence-corrected chi connectivity index (χ4v) is 15.0. The van der Waals surface area contributed by atoms with Gasteiger partial charge in [-0.1, -0.05) is 46.5 Å². The lowest BCUT2D eigenvalue weighted by molar-refractivity contribution is 0.534. The Balaban J connectivity index is 2.14. The van der Waals surface area contributed by atoms with Gasteiger partial charge in [-0.15, -0.1) is 5.73 Å². The first kappa shape index (κ1) is 25.3. The molecule has 3 heteroatoms. The van der Waals surface area contributed by atoms with Crippen molar-refractivity contribution in [3.63, 3.8) is 0 Å². The average Bonchev–Trinajstić information content (AvgIpc) is 3.54. The molecule has 186 valence electrons. The lowest BCUT2D eigenvalue weighted by atomic mass is 9.96. The van der Waals surface area contributed by atoms with E-state index in [0.29, 0.717) is 12.1 Å². The van der Waals surface area contributed by atoms with Gasteiger partial charge in [0.2, 0.25) is 0 Å². The van der Waals surface area contributed by atoms with Crippen molar-refractivity contribution in [1.82, 2.24) is 9.13 Å². The molecular formula is C30H51N2P. The fraction of sp³-hybridized carbons (Fsp3) is 0.800. The maximum Gasteiger partial charge on any atom is 0.108 e. The lowest BCUT2D eigenvalue weighted by Gasteiger charge is -2.44. The van der Waals surface area contributed by atoms with Crippen LogP contribution in [0.5, 0.6) is 0 Å². The summed E-state index contributed by atoms with van der Waals surface area (Å²) in [6.45, 7) is 15.2. The van der Waals surface area contributed by atoms with Crippen molar-refractivity contribution in [2.45, 2.75) is 148 Å². The largest absolute Gasteiger partial charge is 0.331 e. The molecule has 1 unspecified atom stereocenters. The third-order valence-electron chi connectivity index (χ3n) is 8.70. The monoisotopic (exact) mass is 470 g/mol. The molecule has 4 rings (SSSR count). The minimum atomic E-state index is -1.46. The molecule has 1 heterocycles. The summed E-state index contributed by atoms with van der Waals surface area (Å²) in [5.41, 5.74) is 8.50. The third-order valence-corrected chi connectivity index (χ3v) is 14.9. The molecule has 1 aromatic rings. The van der Waals surface area contributed by atoms with Gasteiger partial charge in [0.05, 0.1) is 0 Å². The predicted octanol–water partition coefficient (Wildman–Crippen LogP) is 9.57. The number of hydrogen-bond donors (Lipinski definition) is 0. The summed E-state index contributed by atoms with van der Waals surface area (Å²) in [5, 5.41) is 1.79. The van der Waals surface area contributed by atoms with Crippen LogP contribution in [0.1, 0.15) is 131 Å². The average molecular weight is 471 g/mol. The molecule has 1 atom stereocenters. The summed E-state index contributed by atoms with van der Waals surface area (Å²) in [6.07, 6.45) is 23.0. The van der Waals surface area contributed by atoms with Crippen molar-refractivity contribution in [1.29, 1.82) is 0 Å². The number of hydrogen-bond acceptors (Lipinski definition) is 0. The smallest absolute Gasteiger partial charge is 0.108 e. The topological polar surface area (TPSA) is 9.86 Å². The maximum atomic E-state index is 3.98. The summed E-state index contributed by atoms with van der Waals surface area (Å²) in [4.78, 5) is 0. The van der Waals surface area contributed by atoms with Gasteiger partial charge in [-0.05, 0) is 108 Å². The Bertz CT molecular complexity index is 913. The maximum absolute atomic E-state index is 3.98. The van der Waals surface area contributed by atoms with E-state index >= 15 is 0 Å². The van der Waals surface area contributed by atoms with Gasteiger partial charge in [0.25, 0.3) is 0 Å². The van der Waals surface area contributed by atoms with Crippen LogP contribution < -0.4 is 0 Å². The number of nitrogens with zero attached hydrogens (tertiary/aromatic N) is 2. The molecule has 2 nitrogen and oxygen atoms in total. The standard InChI is InChI=1S/C30H51N2P/c1-23(2)31-21-22-32(24(3)4)29(31)33(26-14-8-9-15-26,27-16-10-11-17-27)28-18-12-13-25(28)19-20-30(5,6)7/h20-24,26-28H,8-18H2,1-7H3. The molecule has 0 amide bonds. The highest BCUT2D eigenvalue weighted by Gasteiger charge is 2.48. The second kappa shape index (κ2) is 10.0. The van der Waals surface area contributed by atoms with Crippen LogP contribution in [-0.2, 0) is 0 Å². The molecule has 1 aromatic heterocycles. The Hall–Kier alpha value is -0.840. The Labute approximate surface area is 204 Å². The van der Waals surface area contributed by atoms with Crippen LogP contribution >= 0.6 is 6.89 Å². The highest BCUT2D eigenvalue weighted by atomic mass is 31.2. The SMILES string of the molecule is CC(C)n1ccn(C(C)C)c1=P(C1CCCC1)(C1CCCC1)C1CCCC1=C=CC(C)(C)C. The van der Waals surface area contributed by atoms with E-state index in [4.69, 9.17) is 0 Å². The van der Waals surface area contributed by atoms with Crippen molar-refractivity contribution >= 4 is 6.89 Å². The van der Waals surface area contributed by atoms with Crippen molar-refractivity contribution in [2.24, 2.45) is 5.41 Å². The van der Waals surface area contributed by atoms with Crippen LogP contribution in [0, 0.1) is 10.6 Å².